The summed E-state index contributed by atoms with van der Waals surface area (Å²) < 4.78 is 5.33. The molecule has 128 valence electrons. The van der Waals surface area contributed by atoms with Gasteiger partial charge in [0.05, 0.1) is 7.11 Å². The van der Waals surface area contributed by atoms with Gasteiger partial charge in [-0.15, -0.1) is 0 Å². The molecule has 0 saturated carbocycles. The smallest absolute Gasteiger partial charge is 0.225 e. The van der Waals surface area contributed by atoms with Crippen LogP contribution in [0.4, 0.5) is 5.82 Å². The van der Waals surface area contributed by atoms with Gasteiger partial charge in [-0.25, -0.2) is 0 Å². The minimum Gasteiger partial charge on any atom is -0.496 e. The van der Waals surface area contributed by atoms with Gasteiger partial charge in [0.15, 0.2) is 5.82 Å². The summed E-state index contributed by atoms with van der Waals surface area (Å²) in [5.41, 5.74) is 3.88. The summed E-state index contributed by atoms with van der Waals surface area (Å²) in [6.07, 6.45) is 0.973. The van der Waals surface area contributed by atoms with Crippen molar-refractivity contribution >= 4 is 11.7 Å². The molecule has 0 aliphatic carbocycles. The molecule has 0 radical (unpaired) electrons. The first-order valence-electron chi connectivity index (χ1n) is 8.21. The van der Waals surface area contributed by atoms with Gasteiger partial charge in [0, 0.05) is 17.7 Å². The van der Waals surface area contributed by atoms with Crippen LogP contribution in [0.25, 0.3) is 11.1 Å². The quantitative estimate of drug-likeness (QED) is 0.716. The van der Waals surface area contributed by atoms with E-state index in [2.05, 4.69) is 15.5 Å². The summed E-state index contributed by atoms with van der Waals surface area (Å²) in [6, 6.07) is 17.6. The number of hydrogen-bond donors (Lipinski definition) is 2. The van der Waals surface area contributed by atoms with Crippen molar-refractivity contribution in [3.8, 4) is 16.9 Å². The predicted molar refractivity (Wildman–Crippen MR) is 98.7 cm³/mol. The van der Waals surface area contributed by atoms with E-state index in [9.17, 15) is 4.79 Å². The Morgan fingerprint density at radius 2 is 1.84 bits per heavy atom. The number of methoxy groups -OCH3 is 1. The summed E-state index contributed by atoms with van der Waals surface area (Å²) in [6.45, 7) is 1.94. The zero-order chi connectivity index (χ0) is 17.6. The van der Waals surface area contributed by atoms with Crippen molar-refractivity contribution in [3.05, 3.63) is 65.9 Å². The van der Waals surface area contributed by atoms with E-state index in [0.29, 0.717) is 18.7 Å². The van der Waals surface area contributed by atoms with Crippen LogP contribution in [0.1, 0.15) is 17.7 Å². The van der Waals surface area contributed by atoms with Crippen LogP contribution >= 0.6 is 0 Å². The van der Waals surface area contributed by atoms with Gasteiger partial charge < -0.3 is 10.1 Å². The van der Waals surface area contributed by atoms with Crippen LogP contribution in [0.15, 0.2) is 54.6 Å². The molecular weight excluding hydrogens is 314 g/mol. The third-order valence-electron chi connectivity index (χ3n) is 4.08. The summed E-state index contributed by atoms with van der Waals surface area (Å²) in [5, 5.41) is 10.1. The molecule has 0 spiro atoms. The van der Waals surface area contributed by atoms with Crippen LogP contribution in [0, 0.1) is 6.92 Å². The van der Waals surface area contributed by atoms with E-state index in [1.165, 1.54) is 0 Å². The number of hydrogen-bond acceptors (Lipinski definition) is 3. The summed E-state index contributed by atoms with van der Waals surface area (Å²) in [7, 11) is 1.64. The maximum atomic E-state index is 12.4. The molecule has 0 fully saturated rings. The highest BCUT2D eigenvalue weighted by molar-refractivity contribution is 5.94. The number of anilines is 1. The van der Waals surface area contributed by atoms with E-state index in [1.807, 2.05) is 61.5 Å². The number of rotatable bonds is 6. The van der Waals surface area contributed by atoms with Crippen LogP contribution in [0.2, 0.25) is 0 Å². The third-order valence-corrected chi connectivity index (χ3v) is 4.08. The molecule has 0 saturated heterocycles. The normalized spacial score (nSPS) is 10.5. The molecule has 1 heterocycles. The van der Waals surface area contributed by atoms with Crippen LogP contribution in [-0.2, 0) is 11.2 Å². The number of amides is 1. The SMILES string of the molecule is COc1ccccc1CCC(=O)Nc1n[nH]c(C)c1-c1ccccc1. The van der Waals surface area contributed by atoms with Crippen molar-refractivity contribution in [2.45, 2.75) is 19.8 Å². The van der Waals surface area contributed by atoms with E-state index < -0.39 is 0 Å². The van der Waals surface area contributed by atoms with Crippen LogP contribution < -0.4 is 10.1 Å². The van der Waals surface area contributed by atoms with Crippen molar-refractivity contribution in [3.63, 3.8) is 0 Å². The number of carbonyl (C=O) groups is 1. The lowest BCUT2D eigenvalue weighted by Gasteiger charge is -2.09. The number of aryl methyl sites for hydroxylation is 2. The van der Waals surface area contributed by atoms with Crippen molar-refractivity contribution < 1.29 is 9.53 Å². The van der Waals surface area contributed by atoms with Gasteiger partial charge in [-0.3, -0.25) is 9.89 Å². The fourth-order valence-corrected chi connectivity index (χ4v) is 2.83. The minimum absolute atomic E-state index is 0.0745. The third kappa shape index (κ3) is 3.88. The number of aromatic amines is 1. The highest BCUT2D eigenvalue weighted by atomic mass is 16.5. The van der Waals surface area contributed by atoms with Gasteiger partial charge in [0.2, 0.25) is 5.91 Å². The van der Waals surface area contributed by atoms with E-state index in [1.54, 1.807) is 7.11 Å². The average Bonchev–Trinajstić information content (AvgIpc) is 3.01. The lowest BCUT2D eigenvalue weighted by atomic mass is 10.1. The Labute approximate surface area is 147 Å². The molecule has 2 aromatic carbocycles. The molecule has 0 aliphatic heterocycles. The fraction of sp³-hybridized carbons (Fsp3) is 0.200. The molecule has 0 atom stereocenters. The van der Waals surface area contributed by atoms with Crippen LogP contribution in [-0.4, -0.2) is 23.2 Å². The second-order valence-corrected chi connectivity index (χ2v) is 5.80. The van der Waals surface area contributed by atoms with E-state index in [4.69, 9.17) is 4.74 Å². The van der Waals surface area contributed by atoms with E-state index >= 15 is 0 Å². The highest BCUT2D eigenvalue weighted by Gasteiger charge is 2.15. The summed E-state index contributed by atoms with van der Waals surface area (Å²) >= 11 is 0. The molecule has 0 unspecified atom stereocenters. The molecule has 2 N–H and O–H groups in total. The molecule has 1 amide bonds. The summed E-state index contributed by atoms with van der Waals surface area (Å²) in [4.78, 5) is 12.4. The van der Waals surface area contributed by atoms with Crippen molar-refractivity contribution in [1.82, 2.24) is 10.2 Å². The zero-order valence-electron chi connectivity index (χ0n) is 14.4. The minimum atomic E-state index is -0.0745. The largest absolute Gasteiger partial charge is 0.496 e. The first-order chi connectivity index (χ1) is 12.2. The average molecular weight is 335 g/mol. The Kier molecular flexibility index (Phi) is 5.14. The predicted octanol–water partition coefficient (Wildman–Crippen LogP) is 3.97. The van der Waals surface area contributed by atoms with Gasteiger partial charge in [-0.1, -0.05) is 48.5 Å². The Balaban J connectivity index is 1.70. The first kappa shape index (κ1) is 16.8. The zero-order valence-corrected chi connectivity index (χ0v) is 14.4. The standard InChI is InChI=1S/C20H21N3O2/c1-14-19(16-9-4-3-5-10-16)20(23-22-14)21-18(24)13-12-15-8-6-7-11-17(15)25-2/h3-11H,12-13H2,1-2H3,(H2,21,22,23,24). The molecular formula is C20H21N3O2. The van der Waals surface area contributed by atoms with Gasteiger partial charge in [0.25, 0.3) is 0 Å². The molecule has 3 aromatic rings. The maximum Gasteiger partial charge on any atom is 0.225 e. The molecule has 0 aliphatic rings. The lowest BCUT2D eigenvalue weighted by molar-refractivity contribution is -0.116. The van der Waals surface area contributed by atoms with Crippen LogP contribution in [0.5, 0.6) is 5.75 Å². The molecule has 5 nitrogen and oxygen atoms in total. The monoisotopic (exact) mass is 335 g/mol. The Bertz CT molecular complexity index is 856. The van der Waals surface area contributed by atoms with Gasteiger partial charge in [-0.2, -0.15) is 5.10 Å². The van der Waals surface area contributed by atoms with Crippen LogP contribution in [0.3, 0.4) is 0 Å². The maximum absolute atomic E-state index is 12.4. The van der Waals surface area contributed by atoms with Gasteiger partial charge in [0.1, 0.15) is 5.75 Å². The number of para-hydroxylation sites is 1. The highest BCUT2D eigenvalue weighted by Crippen LogP contribution is 2.29. The number of nitrogens with one attached hydrogen (secondary N) is 2. The Hall–Kier alpha value is -3.08. The molecule has 0 bridgehead atoms. The molecule has 1 aromatic heterocycles. The van der Waals surface area contributed by atoms with Crippen molar-refractivity contribution in [1.29, 1.82) is 0 Å². The second kappa shape index (κ2) is 7.66. The fourth-order valence-electron chi connectivity index (χ4n) is 2.83. The first-order valence-corrected chi connectivity index (χ1v) is 8.21. The number of ether oxygens (including phenoxy) is 1. The number of carbonyl (C=O) groups excluding carboxylic acids is 1. The van der Waals surface area contributed by atoms with Crippen molar-refractivity contribution in [2.24, 2.45) is 0 Å². The van der Waals surface area contributed by atoms with Crippen molar-refractivity contribution in [2.75, 3.05) is 12.4 Å². The number of aromatic nitrogens is 2. The topological polar surface area (TPSA) is 67.0 Å². The number of H-pyrrole nitrogens is 1. The number of nitrogens with zero attached hydrogens (tertiary/aromatic N) is 1. The number of benzene rings is 2. The van der Waals surface area contributed by atoms with Gasteiger partial charge in [-0.05, 0) is 30.5 Å². The molecule has 5 heteroatoms. The molecule has 25 heavy (non-hydrogen) atoms. The van der Waals surface area contributed by atoms with E-state index in [-0.39, 0.29) is 5.91 Å². The lowest BCUT2D eigenvalue weighted by Crippen LogP contribution is -2.13. The summed E-state index contributed by atoms with van der Waals surface area (Å²) in [5.74, 6) is 1.29. The Morgan fingerprint density at radius 3 is 2.60 bits per heavy atom. The second-order valence-electron chi connectivity index (χ2n) is 5.80. The van der Waals surface area contributed by atoms with E-state index in [0.717, 1.165) is 28.1 Å². The van der Waals surface area contributed by atoms with Gasteiger partial charge >= 0.3 is 0 Å². The Morgan fingerprint density at radius 1 is 1.12 bits per heavy atom. The molecule has 3 rings (SSSR count).